The van der Waals surface area contributed by atoms with Gasteiger partial charge in [0.05, 0.1) is 10.9 Å². The van der Waals surface area contributed by atoms with Crippen molar-refractivity contribution in [3.8, 4) is 5.88 Å². The van der Waals surface area contributed by atoms with E-state index in [0.717, 1.165) is 0 Å². The number of aromatic amines is 1. The Kier molecular flexibility index (Phi) is 8.50. The normalized spacial score (nSPS) is 12.3. The fourth-order valence-electron chi connectivity index (χ4n) is 3.59. The van der Waals surface area contributed by atoms with Crippen molar-refractivity contribution in [2.45, 2.75) is 33.4 Å². The van der Waals surface area contributed by atoms with E-state index in [0.29, 0.717) is 10.9 Å². The largest absolute Gasteiger partial charge is 0.460 e. The highest BCUT2D eigenvalue weighted by Gasteiger charge is 2.48. The summed E-state index contributed by atoms with van der Waals surface area (Å²) in [4.78, 5) is 6.58. The summed E-state index contributed by atoms with van der Waals surface area (Å²) < 4.78 is 65.7. The standard InChI is InChI=1S/C18H15S.C11H8F5NO/c1-4-10-16(11-5-1)19(17-12-6-2-7-13-17)18-14-8-3-9-15-18;12-10(13)9(11(14,15)16)18-8-5-6-3-1-2-4-7(6)17-8/h1-15H;1-5,9-10,17H/q+1;. The van der Waals surface area contributed by atoms with Crippen molar-refractivity contribution in [3.05, 3.63) is 121 Å². The van der Waals surface area contributed by atoms with Crippen LogP contribution in [0.15, 0.2) is 136 Å². The van der Waals surface area contributed by atoms with Crippen LogP contribution in [-0.2, 0) is 10.9 Å². The van der Waals surface area contributed by atoms with Crippen LogP contribution in [-0.4, -0.2) is 23.7 Å². The molecule has 0 saturated carbocycles. The number of hydrogen-bond donors (Lipinski definition) is 1. The van der Waals surface area contributed by atoms with E-state index >= 15 is 0 Å². The average Bonchev–Trinajstić information content (AvgIpc) is 3.32. The van der Waals surface area contributed by atoms with Crippen LogP contribution in [0, 0.1) is 0 Å². The molecule has 0 fully saturated rings. The zero-order valence-corrected chi connectivity index (χ0v) is 20.2. The van der Waals surface area contributed by atoms with Crippen molar-refractivity contribution in [1.82, 2.24) is 4.98 Å². The lowest BCUT2D eigenvalue weighted by molar-refractivity contribution is -0.228. The van der Waals surface area contributed by atoms with E-state index in [2.05, 4.69) is 101 Å². The molecule has 1 aromatic heterocycles. The zero-order valence-electron chi connectivity index (χ0n) is 19.4. The van der Waals surface area contributed by atoms with Crippen LogP contribution < -0.4 is 4.74 Å². The third-order valence-corrected chi connectivity index (χ3v) is 7.48. The first-order valence-corrected chi connectivity index (χ1v) is 12.5. The minimum atomic E-state index is -5.12. The Bertz CT molecular complexity index is 1250. The minimum Gasteiger partial charge on any atom is -0.460 e. The van der Waals surface area contributed by atoms with Crippen molar-refractivity contribution in [2.75, 3.05) is 0 Å². The van der Waals surface area contributed by atoms with Crippen molar-refractivity contribution in [1.29, 1.82) is 0 Å². The lowest BCUT2D eigenvalue weighted by Crippen LogP contribution is -2.40. The predicted octanol–water partition coefficient (Wildman–Crippen LogP) is 8.52. The molecule has 0 aliphatic carbocycles. The fraction of sp³-hybridized carbons (Fsp3) is 0.103. The van der Waals surface area contributed by atoms with Gasteiger partial charge in [0, 0.05) is 17.0 Å². The van der Waals surface area contributed by atoms with Crippen LogP contribution in [0.4, 0.5) is 22.0 Å². The van der Waals surface area contributed by atoms with Crippen molar-refractivity contribution in [2.24, 2.45) is 0 Å². The van der Waals surface area contributed by atoms with Crippen molar-refractivity contribution in [3.63, 3.8) is 0 Å². The number of benzene rings is 4. The van der Waals surface area contributed by atoms with Crippen molar-refractivity contribution < 1.29 is 26.7 Å². The molecule has 0 amide bonds. The molecule has 0 bridgehead atoms. The molecule has 1 N–H and O–H groups in total. The van der Waals surface area contributed by atoms with Gasteiger partial charge in [0.2, 0.25) is 0 Å². The third-order valence-electron chi connectivity index (χ3n) is 5.25. The first kappa shape index (κ1) is 26.3. The summed E-state index contributed by atoms with van der Waals surface area (Å²) in [6.45, 7) is 0. The molecule has 2 nitrogen and oxygen atoms in total. The molecule has 0 saturated heterocycles. The van der Waals surface area contributed by atoms with Crippen LogP contribution >= 0.6 is 0 Å². The molecule has 1 heterocycles. The number of nitrogens with one attached hydrogen (secondary N) is 1. The second-order valence-corrected chi connectivity index (χ2v) is 9.91. The molecule has 5 aromatic rings. The summed E-state index contributed by atoms with van der Waals surface area (Å²) in [6, 6.07) is 40.0. The Morgan fingerprint density at radius 2 is 1.05 bits per heavy atom. The number of fused-ring (bicyclic) bond motifs is 1. The van der Waals surface area contributed by atoms with Gasteiger partial charge in [-0.25, -0.2) is 8.78 Å². The number of ether oxygens (including phenoxy) is 1. The van der Waals surface area contributed by atoms with Gasteiger partial charge >= 0.3 is 6.18 Å². The van der Waals surface area contributed by atoms with Crippen molar-refractivity contribution >= 4 is 21.8 Å². The first-order chi connectivity index (χ1) is 17.8. The molecule has 4 aromatic carbocycles. The van der Waals surface area contributed by atoms with Gasteiger partial charge in [0.25, 0.3) is 12.5 Å². The smallest absolute Gasteiger partial charge is 0.431 e. The number of alkyl halides is 5. The number of aromatic nitrogens is 1. The number of hydrogen-bond acceptors (Lipinski definition) is 1. The first-order valence-electron chi connectivity index (χ1n) is 11.3. The Labute approximate surface area is 214 Å². The lowest BCUT2D eigenvalue weighted by Gasteiger charge is -2.19. The molecule has 0 radical (unpaired) electrons. The molecule has 8 heteroatoms. The molecule has 0 aliphatic rings. The van der Waals surface area contributed by atoms with Gasteiger partial charge in [0.15, 0.2) is 20.6 Å². The minimum absolute atomic E-state index is 0.0146. The summed E-state index contributed by atoms with van der Waals surface area (Å²) in [5.41, 5.74) is 0.516. The molecular weight excluding hydrogens is 505 g/mol. The Morgan fingerprint density at radius 1 is 0.622 bits per heavy atom. The molecule has 0 spiro atoms. The van der Waals surface area contributed by atoms with E-state index in [9.17, 15) is 22.0 Å². The summed E-state index contributed by atoms with van der Waals surface area (Å²) in [7, 11) is -0.0146. The van der Waals surface area contributed by atoms with Crippen LogP contribution in [0.2, 0.25) is 0 Å². The van der Waals surface area contributed by atoms with E-state index in [4.69, 9.17) is 0 Å². The Balaban J connectivity index is 0.000000173. The van der Waals surface area contributed by atoms with Gasteiger partial charge in [0.1, 0.15) is 0 Å². The lowest BCUT2D eigenvalue weighted by atomic mass is 10.2. The Hall–Kier alpha value is -3.78. The molecule has 1 unspecified atom stereocenters. The van der Waals surface area contributed by atoms with Gasteiger partial charge in [-0.1, -0.05) is 72.8 Å². The molecular formula is C29H23F5NOS+. The third kappa shape index (κ3) is 6.92. The molecule has 5 rings (SSSR count). The highest BCUT2D eigenvalue weighted by atomic mass is 32.2. The fourth-order valence-corrected chi connectivity index (χ4v) is 5.69. The maximum absolute atomic E-state index is 12.3. The van der Waals surface area contributed by atoms with Crippen LogP contribution in [0.3, 0.4) is 0 Å². The summed E-state index contributed by atoms with van der Waals surface area (Å²) in [5.74, 6) is -0.334. The number of halogens is 5. The summed E-state index contributed by atoms with van der Waals surface area (Å²) in [6.07, 6.45) is -11.9. The van der Waals surface area contributed by atoms with E-state index in [-0.39, 0.29) is 16.8 Å². The second kappa shape index (κ2) is 12.0. The van der Waals surface area contributed by atoms with E-state index in [1.54, 1.807) is 24.3 Å². The average molecular weight is 529 g/mol. The topological polar surface area (TPSA) is 25.0 Å². The second-order valence-electron chi connectivity index (χ2n) is 7.88. The monoisotopic (exact) mass is 528 g/mol. The van der Waals surface area contributed by atoms with Gasteiger partial charge in [-0.15, -0.1) is 0 Å². The number of para-hydroxylation sites is 1. The maximum atomic E-state index is 12.3. The zero-order chi connectivity index (χ0) is 26.3. The van der Waals surface area contributed by atoms with Gasteiger partial charge in [-0.3, -0.25) is 0 Å². The maximum Gasteiger partial charge on any atom is 0.431 e. The van der Waals surface area contributed by atoms with E-state index < -0.39 is 18.7 Å². The van der Waals surface area contributed by atoms with Gasteiger partial charge in [-0.05, 0) is 42.5 Å². The highest BCUT2D eigenvalue weighted by molar-refractivity contribution is 7.97. The summed E-state index contributed by atoms with van der Waals surface area (Å²) in [5, 5.41) is 0.586. The van der Waals surface area contributed by atoms with E-state index in [1.807, 2.05) is 0 Å². The van der Waals surface area contributed by atoms with Gasteiger partial charge in [-0.2, -0.15) is 13.2 Å². The SMILES string of the molecule is FC(F)C(Oc1cc2ccccc2[nH]1)C(F)(F)F.c1ccc([S+](c2ccccc2)c2ccccc2)cc1. The number of H-pyrrole nitrogens is 1. The van der Waals surface area contributed by atoms with Crippen LogP contribution in [0.5, 0.6) is 5.88 Å². The molecule has 1 atom stereocenters. The molecule has 190 valence electrons. The van der Waals surface area contributed by atoms with Crippen LogP contribution in [0.1, 0.15) is 0 Å². The number of rotatable bonds is 6. The summed E-state index contributed by atoms with van der Waals surface area (Å²) >= 11 is 0. The quantitative estimate of drug-likeness (QED) is 0.173. The highest BCUT2D eigenvalue weighted by Crippen LogP contribution is 2.31. The van der Waals surface area contributed by atoms with Crippen LogP contribution in [0.25, 0.3) is 10.9 Å². The Morgan fingerprint density at radius 3 is 1.46 bits per heavy atom. The van der Waals surface area contributed by atoms with Gasteiger partial charge < -0.3 is 9.72 Å². The predicted molar refractivity (Wildman–Crippen MR) is 136 cm³/mol. The molecule has 0 aliphatic heterocycles. The molecule has 37 heavy (non-hydrogen) atoms. The van der Waals surface area contributed by atoms with E-state index in [1.165, 1.54) is 20.8 Å².